The van der Waals surface area contributed by atoms with Crippen molar-refractivity contribution in [3.8, 4) is 0 Å². The fourth-order valence-corrected chi connectivity index (χ4v) is 3.02. The van der Waals surface area contributed by atoms with Gasteiger partial charge < -0.3 is 36.0 Å². The highest BCUT2D eigenvalue weighted by atomic mass is 32.2. The van der Waals surface area contributed by atoms with Gasteiger partial charge in [0.2, 0.25) is 0 Å². The largest absolute Gasteiger partial charge is 0.398 e. The highest BCUT2D eigenvalue weighted by molar-refractivity contribution is 8.00. The Kier molecular flexibility index (Phi) is 4.55. The summed E-state index contributed by atoms with van der Waals surface area (Å²) in [5.41, 5.74) is 6.10. The average Bonchev–Trinajstić information content (AvgIpc) is 2.43. The monoisotopic (exact) mass is 303 g/mol. The Labute approximate surface area is 119 Å². The van der Waals surface area contributed by atoms with Crippen LogP contribution in [0.1, 0.15) is 0 Å². The lowest BCUT2D eigenvalue weighted by atomic mass is 9.99. The van der Waals surface area contributed by atoms with E-state index in [1.807, 2.05) is 0 Å². The lowest BCUT2D eigenvalue weighted by Crippen LogP contribution is -2.63. The lowest BCUT2D eigenvalue weighted by molar-refractivity contribution is -0.305. The number of benzene rings is 1. The van der Waals surface area contributed by atoms with E-state index in [1.54, 1.807) is 24.3 Å². The number of hydrogen-bond donors (Lipinski definition) is 6. The van der Waals surface area contributed by atoms with Gasteiger partial charge in [-0.1, -0.05) is 23.9 Å². The fraction of sp³-hybridized carbons (Fsp3) is 0.500. The van der Waals surface area contributed by atoms with Crippen LogP contribution in [0.2, 0.25) is 0 Å². The maximum absolute atomic E-state index is 10.4. The van der Waals surface area contributed by atoms with Crippen LogP contribution >= 0.6 is 11.8 Å². The molecule has 5 atom stereocenters. The van der Waals surface area contributed by atoms with Crippen LogP contribution in [0, 0.1) is 0 Å². The number of nitrogen functional groups attached to an aromatic ring is 1. The topological polar surface area (TPSA) is 136 Å². The van der Waals surface area contributed by atoms with E-state index in [4.69, 9.17) is 15.6 Å². The molecule has 0 radical (unpaired) electrons. The normalized spacial score (nSPS) is 37.9. The van der Waals surface area contributed by atoms with E-state index < -0.39 is 36.1 Å². The number of aliphatic hydroxyl groups excluding tert-OH is 4. The number of anilines is 1. The third-order valence-corrected chi connectivity index (χ3v) is 4.33. The number of thioether (sulfide) groups is 1. The summed E-state index contributed by atoms with van der Waals surface area (Å²) >= 11 is 0.703. The second-order valence-electron chi connectivity index (χ2n) is 4.54. The Balaban J connectivity index is 2.26. The van der Waals surface area contributed by atoms with Crippen LogP contribution in [0.3, 0.4) is 0 Å². The van der Waals surface area contributed by atoms with Crippen LogP contribution in [0.5, 0.6) is 0 Å². The maximum Gasteiger partial charge on any atom is 0.250 e. The molecule has 0 aliphatic carbocycles. The van der Waals surface area contributed by atoms with E-state index in [1.165, 1.54) is 0 Å². The first kappa shape index (κ1) is 15.5. The van der Waals surface area contributed by atoms with Crippen LogP contribution in [0.25, 0.3) is 0 Å². The van der Waals surface area contributed by atoms with Crippen LogP contribution in [-0.4, -0.2) is 61.7 Å². The third kappa shape index (κ3) is 2.77. The molecule has 0 unspecified atom stereocenters. The van der Waals surface area contributed by atoms with Crippen molar-refractivity contribution in [1.82, 2.24) is 0 Å². The van der Waals surface area contributed by atoms with Crippen molar-refractivity contribution in [3.05, 3.63) is 24.3 Å². The lowest BCUT2D eigenvalue weighted by Gasteiger charge is -2.44. The van der Waals surface area contributed by atoms with Gasteiger partial charge in [0, 0.05) is 10.6 Å². The molecule has 1 aliphatic rings. The Morgan fingerprint density at radius 1 is 1.20 bits per heavy atom. The number of hydrogen-bond acceptors (Lipinski definition) is 8. The van der Waals surface area contributed by atoms with Crippen LogP contribution in [0.4, 0.5) is 5.69 Å². The van der Waals surface area contributed by atoms with Crippen LogP contribution in [0.15, 0.2) is 29.2 Å². The fourth-order valence-electron chi connectivity index (χ4n) is 1.94. The van der Waals surface area contributed by atoms with E-state index in [0.29, 0.717) is 22.3 Å². The van der Waals surface area contributed by atoms with Crippen molar-refractivity contribution < 1.29 is 30.3 Å². The Hall–Kier alpha value is -0.870. The SMILES string of the molecule is Nc1ccccc1S[C@]1(O)O[C@H](CO)[C@H](O)[C@H](O)[C@@H]1O. The van der Waals surface area contributed by atoms with E-state index in [9.17, 15) is 20.4 Å². The summed E-state index contributed by atoms with van der Waals surface area (Å²) < 4.78 is 5.13. The van der Waals surface area contributed by atoms with E-state index in [-0.39, 0.29) is 0 Å². The van der Waals surface area contributed by atoms with E-state index in [0.717, 1.165) is 0 Å². The summed E-state index contributed by atoms with van der Waals surface area (Å²) in [5, 5.41) is 46.5. The van der Waals surface area contributed by atoms with Crippen LogP contribution < -0.4 is 5.73 Å². The van der Waals surface area contributed by atoms with E-state index >= 15 is 0 Å². The van der Waals surface area contributed by atoms with Gasteiger partial charge in [-0.3, -0.25) is 0 Å². The van der Waals surface area contributed by atoms with Gasteiger partial charge in [-0.05, 0) is 12.1 Å². The molecular weight excluding hydrogens is 286 g/mol. The Bertz CT molecular complexity index is 473. The first-order valence-corrected chi connectivity index (χ1v) is 6.79. The van der Waals surface area contributed by atoms with Gasteiger partial charge in [0.15, 0.2) is 0 Å². The zero-order valence-corrected chi connectivity index (χ0v) is 11.3. The zero-order valence-electron chi connectivity index (χ0n) is 10.5. The summed E-state index contributed by atoms with van der Waals surface area (Å²) in [4.78, 5) is 0.439. The summed E-state index contributed by atoms with van der Waals surface area (Å²) in [7, 11) is 0. The second kappa shape index (κ2) is 5.86. The molecule has 0 bridgehead atoms. The first-order chi connectivity index (χ1) is 9.39. The molecule has 0 aromatic heterocycles. The predicted molar refractivity (Wildman–Crippen MR) is 71.6 cm³/mol. The van der Waals surface area contributed by atoms with Gasteiger partial charge in [0.25, 0.3) is 5.12 Å². The molecule has 112 valence electrons. The summed E-state index contributed by atoms with van der Waals surface area (Å²) in [6, 6.07) is 6.61. The second-order valence-corrected chi connectivity index (χ2v) is 5.76. The number of nitrogens with two attached hydrogens (primary N) is 1. The molecule has 20 heavy (non-hydrogen) atoms. The quantitative estimate of drug-likeness (QED) is 0.293. The summed E-state index contributed by atoms with van der Waals surface area (Å²) in [6.07, 6.45) is -6.12. The van der Waals surface area contributed by atoms with Gasteiger partial charge in [0.05, 0.1) is 6.61 Å². The van der Waals surface area contributed by atoms with Gasteiger partial charge >= 0.3 is 0 Å². The molecule has 1 saturated heterocycles. The first-order valence-electron chi connectivity index (χ1n) is 5.98. The summed E-state index contributed by atoms with van der Waals surface area (Å²) in [5.74, 6) is 0. The Morgan fingerprint density at radius 3 is 2.45 bits per heavy atom. The van der Waals surface area contributed by atoms with Gasteiger partial charge in [-0.15, -0.1) is 0 Å². The standard InChI is InChI=1S/C12H17NO6S/c13-6-3-1-2-4-8(6)20-12(18)11(17)10(16)9(15)7(5-14)19-12/h1-4,7,9-11,14-18H,5,13H2/t7-,9+,10+,11+,12-/m1/s1. The molecule has 0 saturated carbocycles. The minimum Gasteiger partial charge on any atom is -0.398 e. The van der Waals surface area contributed by atoms with E-state index in [2.05, 4.69) is 0 Å². The molecular formula is C12H17NO6S. The molecule has 1 fully saturated rings. The third-order valence-electron chi connectivity index (χ3n) is 3.10. The van der Waals surface area contributed by atoms with Crippen molar-refractivity contribution in [1.29, 1.82) is 0 Å². The summed E-state index contributed by atoms with van der Waals surface area (Å²) in [6.45, 7) is -0.613. The molecule has 0 amide bonds. The van der Waals surface area contributed by atoms with Crippen LogP contribution in [-0.2, 0) is 4.74 Å². The maximum atomic E-state index is 10.4. The average molecular weight is 303 g/mol. The highest BCUT2D eigenvalue weighted by Gasteiger charge is 2.53. The molecule has 2 rings (SSSR count). The number of aliphatic hydroxyl groups is 5. The highest BCUT2D eigenvalue weighted by Crippen LogP contribution is 2.42. The number of para-hydroxylation sites is 1. The predicted octanol–water partition coefficient (Wildman–Crippen LogP) is -1.52. The van der Waals surface area contributed by atoms with Crippen molar-refractivity contribution in [2.24, 2.45) is 0 Å². The van der Waals surface area contributed by atoms with Crippen molar-refractivity contribution >= 4 is 17.4 Å². The number of rotatable bonds is 3. The molecule has 1 aromatic carbocycles. The molecule has 0 spiro atoms. The smallest absolute Gasteiger partial charge is 0.250 e. The molecule has 8 heteroatoms. The zero-order chi connectivity index (χ0) is 14.9. The Morgan fingerprint density at radius 2 is 1.85 bits per heavy atom. The van der Waals surface area contributed by atoms with Crippen molar-refractivity contribution in [2.75, 3.05) is 12.3 Å². The molecule has 7 nitrogen and oxygen atoms in total. The minimum absolute atomic E-state index is 0.364. The molecule has 1 aliphatic heterocycles. The van der Waals surface area contributed by atoms with Crippen molar-refractivity contribution in [3.63, 3.8) is 0 Å². The van der Waals surface area contributed by atoms with Gasteiger partial charge in [0.1, 0.15) is 24.4 Å². The van der Waals surface area contributed by atoms with Gasteiger partial charge in [-0.2, -0.15) is 0 Å². The number of ether oxygens (including phenoxy) is 1. The minimum atomic E-state index is -2.22. The van der Waals surface area contributed by atoms with Gasteiger partial charge in [-0.25, -0.2) is 0 Å². The molecule has 1 heterocycles. The molecule has 7 N–H and O–H groups in total. The van der Waals surface area contributed by atoms with Crippen molar-refractivity contribution in [2.45, 2.75) is 34.4 Å². The molecule has 1 aromatic rings.